The Hall–Kier alpha value is -6.51. The first kappa shape index (κ1) is 38.8. The van der Waals surface area contributed by atoms with Gasteiger partial charge in [-0.15, -0.1) is 0 Å². The topological polar surface area (TPSA) is 202 Å². The first-order chi connectivity index (χ1) is 27.6. The van der Waals surface area contributed by atoms with E-state index in [0.29, 0.717) is 24.7 Å². The van der Waals surface area contributed by atoms with Gasteiger partial charge in [-0.25, -0.2) is 19.6 Å². The van der Waals surface area contributed by atoms with E-state index in [-0.39, 0.29) is 36.2 Å². The number of alkyl carbamates (subject to hydrolysis) is 1. The molecular formula is C42H47N9O6. The van der Waals surface area contributed by atoms with Crippen LogP contribution in [0.2, 0.25) is 0 Å². The van der Waals surface area contributed by atoms with Crippen molar-refractivity contribution in [2.75, 3.05) is 20.2 Å². The lowest BCUT2D eigenvalue weighted by Gasteiger charge is -2.30. The molecule has 5 aromatic rings. The van der Waals surface area contributed by atoms with Crippen molar-refractivity contribution in [2.45, 2.75) is 70.2 Å². The molecule has 2 fully saturated rings. The molecule has 0 spiro atoms. The van der Waals surface area contributed by atoms with Crippen molar-refractivity contribution < 1.29 is 28.7 Å². The second-order valence-corrected chi connectivity index (χ2v) is 14.7. The fraction of sp³-hybridized carbons (Fsp3) is 0.357. The van der Waals surface area contributed by atoms with Gasteiger partial charge in [0.2, 0.25) is 5.91 Å². The Morgan fingerprint density at radius 1 is 0.789 bits per heavy atom. The van der Waals surface area contributed by atoms with E-state index in [1.165, 1.54) is 7.11 Å². The predicted octanol–water partition coefficient (Wildman–Crippen LogP) is 5.94. The van der Waals surface area contributed by atoms with Crippen molar-refractivity contribution in [3.63, 3.8) is 0 Å². The van der Waals surface area contributed by atoms with Gasteiger partial charge in [0, 0.05) is 31.9 Å². The number of nitrogens with zero attached hydrogens (tertiary/aromatic N) is 5. The number of methoxy groups -OCH3 is 1. The van der Waals surface area contributed by atoms with Gasteiger partial charge in [-0.3, -0.25) is 14.6 Å². The minimum Gasteiger partial charge on any atom is -0.453 e. The van der Waals surface area contributed by atoms with Gasteiger partial charge in [-0.1, -0.05) is 68.4 Å². The number of primary amides is 1. The summed E-state index contributed by atoms with van der Waals surface area (Å²) in [6.07, 6.45) is 7.43. The van der Waals surface area contributed by atoms with Crippen LogP contribution in [0.4, 0.5) is 9.59 Å². The molecular weight excluding hydrogens is 727 g/mol. The summed E-state index contributed by atoms with van der Waals surface area (Å²) in [6, 6.07) is 18.8. The Labute approximate surface area is 330 Å². The van der Waals surface area contributed by atoms with E-state index in [4.69, 9.17) is 15.2 Å². The summed E-state index contributed by atoms with van der Waals surface area (Å²) in [7, 11) is 1.29. The maximum absolute atomic E-state index is 13.7. The SMILES string of the molecule is COC(=O)N[C@H](C(=O)N1CCCC1c1ncc(-c2ccc(-c3ccc(-c4cnc([C@@H]5CCCN5C(=O)[C@H](Cc5cccnc5)OC(N)=O)[nH]4)cc3)cc2)[nH]1)C(C)C. The number of aromatic amines is 2. The molecule has 3 aromatic heterocycles. The van der Waals surface area contributed by atoms with Gasteiger partial charge in [-0.05, 0) is 65.5 Å². The molecule has 0 aliphatic carbocycles. The smallest absolute Gasteiger partial charge is 0.407 e. The molecule has 15 heteroatoms. The molecule has 296 valence electrons. The summed E-state index contributed by atoms with van der Waals surface area (Å²) >= 11 is 0. The predicted molar refractivity (Wildman–Crippen MR) is 211 cm³/mol. The lowest BCUT2D eigenvalue weighted by Crippen LogP contribution is -2.51. The highest BCUT2D eigenvalue weighted by Crippen LogP contribution is 2.35. The van der Waals surface area contributed by atoms with Crippen LogP contribution in [0, 0.1) is 5.92 Å². The van der Waals surface area contributed by atoms with E-state index in [9.17, 15) is 19.2 Å². The van der Waals surface area contributed by atoms with Crippen LogP contribution < -0.4 is 11.1 Å². The molecule has 57 heavy (non-hydrogen) atoms. The third kappa shape index (κ3) is 8.67. The molecule has 4 atom stereocenters. The maximum Gasteiger partial charge on any atom is 0.407 e. The molecule has 15 nitrogen and oxygen atoms in total. The Balaban J connectivity index is 0.998. The van der Waals surface area contributed by atoms with Crippen molar-refractivity contribution >= 4 is 24.0 Å². The monoisotopic (exact) mass is 773 g/mol. The quantitative estimate of drug-likeness (QED) is 0.118. The van der Waals surface area contributed by atoms with E-state index in [0.717, 1.165) is 64.9 Å². The van der Waals surface area contributed by atoms with Crippen LogP contribution in [0.15, 0.2) is 85.5 Å². The first-order valence-corrected chi connectivity index (χ1v) is 19.2. The average Bonchev–Trinajstić information content (AvgIpc) is 4.06. The number of nitrogens with one attached hydrogen (secondary N) is 3. The molecule has 2 aliphatic heterocycles. The molecule has 0 saturated carbocycles. The fourth-order valence-corrected chi connectivity index (χ4v) is 7.73. The van der Waals surface area contributed by atoms with Crippen LogP contribution in [-0.2, 0) is 25.5 Å². The summed E-state index contributed by atoms with van der Waals surface area (Å²) in [6.45, 7) is 4.89. The maximum atomic E-state index is 13.7. The summed E-state index contributed by atoms with van der Waals surface area (Å²) in [5.74, 6) is 0.805. The molecule has 2 aromatic carbocycles. The highest BCUT2D eigenvalue weighted by molar-refractivity contribution is 5.86. The zero-order chi connectivity index (χ0) is 40.1. The van der Waals surface area contributed by atoms with Gasteiger partial charge in [0.1, 0.15) is 17.7 Å². The third-order valence-electron chi connectivity index (χ3n) is 10.7. The number of hydrogen-bond donors (Lipinski definition) is 4. The van der Waals surface area contributed by atoms with Crippen molar-refractivity contribution in [3.05, 3.63) is 103 Å². The molecule has 0 bridgehead atoms. The Kier molecular flexibility index (Phi) is 11.6. The second-order valence-electron chi connectivity index (χ2n) is 14.7. The lowest BCUT2D eigenvalue weighted by atomic mass is 10.0. The van der Waals surface area contributed by atoms with Crippen LogP contribution in [0.1, 0.15) is 68.8 Å². The normalized spacial score (nSPS) is 17.7. The van der Waals surface area contributed by atoms with E-state index in [2.05, 4.69) is 54.5 Å². The summed E-state index contributed by atoms with van der Waals surface area (Å²) in [4.78, 5) is 74.7. The fourth-order valence-electron chi connectivity index (χ4n) is 7.73. The van der Waals surface area contributed by atoms with Gasteiger partial charge >= 0.3 is 12.2 Å². The number of likely N-dealkylation sites (tertiary alicyclic amines) is 2. The van der Waals surface area contributed by atoms with Crippen LogP contribution >= 0.6 is 0 Å². The first-order valence-electron chi connectivity index (χ1n) is 19.2. The molecule has 7 rings (SSSR count). The van der Waals surface area contributed by atoms with Crippen LogP contribution in [0.5, 0.6) is 0 Å². The van der Waals surface area contributed by atoms with Gasteiger partial charge in [0.05, 0.1) is 43.0 Å². The minimum absolute atomic E-state index is 0.110. The Morgan fingerprint density at radius 3 is 1.79 bits per heavy atom. The highest BCUT2D eigenvalue weighted by atomic mass is 16.6. The number of ether oxygens (including phenoxy) is 2. The number of rotatable bonds is 12. The van der Waals surface area contributed by atoms with Crippen LogP contribution in [-0.4, -0.2) is 91.1 Å². The summed E-state index contributed by atoms with van der Waals surface area (Å²) in [5.41, 5.74) is 11.8. The molecule has 2 aliphatic rings. The molecule has 5 heterocycles. The minimum atomic E-state index is -1.07. The van der Waals surface area contributed by atoms with Gasteiger partial charge in [0.15, 0.2) is 6.10 Å². The van der Waals surface area contributed by atoms with Crippen molar-refractivity contribution in [3.8, 4) is 33.6 Å². The molecule has 5 N–H and O–H groups in total. The number of hydrogen-bond acceptors (Lipinski definition) is 9. The zero-order valence-electron chi connectivity index (χ0n) is 32.2. The van der Waals surface area contributed by atoms with Crippen molar-refractivity contribution in [1.29, 1.82) is 0 Å². The lowest BCUT2D eigenvalue weighted by molar-refractivity contribution is -0.141. The number of H-pyrrole nitrogens is 2. The average molecular weight is 774 g/mol. The zero-order valence-corrected chi connectivity index (χ0v) is 32.2. The number of benzene rings is 2. The number of pyridine rings is 1. The Bertz CT molecular complexity index is 2180. The van der Waals surface area contributed by atoms with Crippen molar-refractivity contribution in [2.24, 2.45) is 11.7 Å². The van der Waals surface area contributed by atoms with Gasteiger partial charge in [-0.2, -0.15) is 0 Å². The van der Waals surface area contributed by atoms with Crippen molar-refractivity contribution in [1.82, 2.24) is 40.0 Å². The van der Waals surface area contributed by atoms with Crippen LogP contribution in [0.25, 0.3) is 33.6 Å². The summed E-state index contributed by atoms with van der Waals surface area (Å²) < 4.78 is 10.0. The second kappa shape index (κ2) is 17.1. The molecule has 2 saturated heterocycles. The van der Waals surface area contributed by atoms with E-state index in [1.807, 2.05) is 44.2 Å². The number of imidazole rings is 2. The molecule has 4 amide bonds. The van der Waals surface area contributed by atoms with E-state index in [1.54, 1.807) is 40.7 Å². The molecule has 0 radical (unpaired) electrons. The number of aromatic nitrogens is 5. The Morgan fingerprint density at radius 2 is 1.32 bits per heavy atom. The van der Waals surface area contributed by atoms with Crippen LogP contribution in [0.3, 0.4) is 0 Å². The third-order valence-corrected chi connectivity index (χ3v) is 10.7. The van der Waals surface area contributed by atoms with Gasteiger partial charge in [0.25, 0.3) is 5.91 Å². The number of amides is 4. The highest BCUT2D eigenvalue weighted by Gasteiger charge is 2.39. The van der Waals surface area contributed by atoms with E-state index >= 15 is 0 Å². The van der Waals surface area contributed by atoms with E-state index < -0.39 is 24.3 Å². The largest absolute Gasteiger partial charge is 0.453 e. The summed E-state index contributed by atoms with van der Waals surface area (Å²) in [5, 5.41) is 2.69. The standard InChI is InChI=1S/C42H47N9O6/c1-25(2)36(49-42(55)56-3)40(53)51-20-6-9-34(51)38-46-24-32(48-38)30-16-12-28(13-17-30)27-10-14-29(15-11-27)31-23-45-37(47-31)33-8-5-19-50(33)39(52)35(57-41(43)54)21-26-7-4-18-44-22-26/h4,7,10-18,22-25,33-36H,5-6,8-9,19-21H2,1-3H3,(H2,43,54)(H,45,47)(H,46,48)(H,49,55)/t33-,34?,35-,36-/m0/s1. The van der Waals surface area contributed by atoms with Gasteiger partial charge < -0.3 is 40.3 Å². The number of nitrogens with two attached hydrogens (primary N) is 1. The molecule has 1 unspecified atom stereocenters. The number of carbonyl (C=O) groups is 4. The number of carbonyl (C=O) groups excluding carboxylic acids is 4.